The van der Waals surface area contributed by atoms with E-state index in [1.807, 2.05) is 13.8 Å². The first-order valence-electron chi connectivity index (χ1n) is 6.72. The lowest BCUT2D eigenvalue weighted by Crippen LogP contribution is -2.32. The number of carbonyl (C=O) groups is 1. The van der Waals surface area contributed by atoms with Crippen molar-refractivity contribution < 1.29 is 13.9 Å². The summed E-state index contributed by atoms with van der Waals surface area (Å²) in [5.74, 6) is 0.0166. The number of rotatable bonds is 2. The van der Waals surface area contributed by atoms with Crippen molar-refractivity contribution >= 4 is 11.6 Å². The topological polar surface area (TPSA) is 51.2 Å². The Balaban J connectivity index is 1.76. The van der Waals surface area contributed by atoms with Crippen molar-refractivity contribution in [3.63, 3.8) is 0 Å². The lowest BCUT2D eigenvalue weighted by Gasteiger charge is -2.14. The molecule has 0 spiro atoms. The largest absolute Gasteiger partial charge is 0.480 e. The summed E-state index contributed by atoms with van der Waals surface area (Å²) in [4.78, 5) is 16.4. The summed E-state index contributed by atoms with van der Waals surface area (Å²) in [6, 6.07) is 4.29. The molecule has 2 heterocycles. The predicted octanol–water partition coefficient (Wildman–Crippen LogP) is 2.78. The van der Waals surface area contributed by atoms with Crippen LogP contribution in [-0.2, 0) is 11.2 Å². The number of fused-ring (bicyclic) bond motifs is 1. The third-order valence-electron chi connectivity index (χ3n) is 3.56. The highest BCUT2D eigenvalue weighted by Gasteiger charge is 2.29. The monoisotopic (exact) mass is 286 g/mol. The van der Waals surface area contributed by atoms with E-state index in [-0.39, 0.29) is 11.7 Å². The van der Waals surface area contributed by atoms with Gasteiger partial charge in [0.1, 0.15) is 11.6 Å². The Kier molecular flexibility index (Phi) is 3.33. The summed E-state index contributed by atoms with van der Waals surface area (Å²) in [6.45, 7) is 3.77. The molecule has 1 N–H and O–H groups in total. The molecular formula is C16H15FN2O2. The number of anilines is 1. The van der Waals surface area contributed by atoms with Gasteiger partial charge in [0.2, 0.25) is 0 Å². The molecule has 0 aliphatic carbocycles. The van der Waals surface area contributed by atoms with Gasteiger partial charge in [0.05, 0.1) is 0 Å². The van der Waals surface area contributed by atoms with Crippen LogP contribution in [0.5, 0.6) is 5.75 Å². The number of carbonyl (C=O) groups excluding carboxylic acids is 1. The van der Waals surface area contributed by atoms with Crippen LogP contribution in [0.2, 0.25) is 0 Å². The van der Waals surface area contributed by atoms with Crippen LogP contribution in [0.1, 0.15) is 16.7 Å². The fourth-order valence-electron chi connectivity index (χ4n) is 2.47. The zero-order chi connectivity index (χ0) is 15.0. The third-order valence-corrected chi connectivity index (χ3v) is 3.56. The van der Waals surface area contributed by atoms with Gasteiger partial charge in [-0.1, -0.05) is 0 Å². The smallest absolute Gasteiger partial charge is 0.265 e. The van der Waals surface area contributed by atoms with Gasteiger partial charge in [-0.25, -0.2) is 4.39 Å². The Bertz CT molecular complexity index is 695. The minimum atomic E-state index is -0.631. The average Bonchev–Trinajstić information content (AvgIpc) is 2.86. The zero-order valence-corrected chi connectivity index (χ0v) is 11.8. The number of aryl methyl sites for hydroxylation is 2. The molecule has 0 bridgehead atoms. The molecule has 1 unspecified atom stereocenters. The minimum Gasteiger partial charge on any atom is -0.480 e. The van der Waals surface area contributed by atoms with Crippen LogP contribution in [0, 0.1) is 19.7 Å². The first-order chi connectivity index (χ1) is 10.0. The second kappa shape index (κ2) is 5.16. The molecule has 0 saturated carbocycles. The van der Waals surface area contributed by atoms with Crippen molar-refractivity contribution in [3.05, 3.63) is 53.1 Å². The van der Waals surface area contributed by atoms with E-state index in [1.54, 1.807) is 18.5 Å². The van der Waals surface area contributed by atoms with Gasteiger partial charge in [-0.05, 0) is 43.2 Å². The quantitative estimate of drug-likeness (QED) is 0.923. The van der Waals surface area contributed by atoms with Gasteiger partial charge in [0.15, 0.2) is 6.10 Å². The summed E-state index contributed by atoms with van der Waals surface area (Å²) in [5, 5.41) is 2.87. The van der Waals surface area contributed by atoms with Crippen molar-refractivity contribution in [3.8, 4) is 5.75 Å². The van der Waals surface area contributed by atoms with Crippen LogP contribution in [0.15, 0.2) is 30.6 Å². The predicted molar refractivity (Wildman–Crippen MR) is 76.9 cm³/mol. The minimum absolute atomic E-state index is 0.232. The second-order valence-corrected chi connectivity index (χ2v) is 5.20. The van der Waals surface area contributed by atoms with Gasteiger partial charge < -0.3 is 10.1 Å². The number of halogens is 1. The number of amides is 1. The zero-order valence-electron chi connectivity index (χ0n) is 11.8. The normalized spacial score (nSPS) is 16.2. The molecule has 0 fully saturated rings. The summed E-state index contributed by atoms with van der Waals surface area (Å²) < 4.78 is 18.8. The number of hydrogen-bond acceptors (Lipinski definition) is 3. The highest BCUT2D eigenvalue weighted by atomic mass is 19.1. The highest BCUT2D eigenvalue weighted by Crippen LogP contribution is 2.30. The molecule has 1 amide bonds. The van der Waals surface area contributed by atoms with E-state index in [2.05, 4.69) is 10.3 Å². The number of nitrogens with zero attached hydrogens (tertiary/aromatic N) is 1. The molecule has 21 heavy (non-hydrogen) atoms. The molecule has 108 valence electrons. The van der Waals surface area contributed by atoms with Crippen LogP contribution in [0.3, 0.4) is 0 Å². The van der Waals surface area contributed by atoms with E-state index in [0.717, 1.165) is 22.4 Å². The molecule has 1 aromatic carbocycles. The number of aromatic nitrogens is 1. The van der Waals surface area contributed by atoms with Crippen molar-refractivity contribution in [1.29, 1.82) is 0 Å². The van der Waals surface area contributed by atoms with Gasteiger partial charge in [-0.3, -0.25) is 9.78 Å². The summed E-state index contributed by atoms with van der Waals surface area (Å²) >= 11 is 0. The average molecular weight is 286 g/mol. The molecular weight excluding hydrogens is 271 g/mol. The summed E-state index contributed by atoms with van der Waals surface area (Å²) in [5.41, 5.74) is 3.26. The maximum Gasteiger partial charge on any atom is 0.265 e. The van der Waals surface area contributed by atoms with Crippen molar-refractivity contribution in [1.82, 2.24) is 4.98 Å². The van der Waals surface area contributed by atoms with Crippen molar-refractivity contribution in [2.45, 2.75) is 26.4 Å². The fourth-order valence-corrected chi connectivity index (χ4v) is 2.47. The van der Waals surface area contributed by atoms with Crippen LogP contribution >= 0.6 is 0 Å². The van der Waals surface area contributed by atoms with Crippen LogP contribution in [0.4, 0.5) is 10.1 Å². The lowest BCUT2D eigenvalue weighted by molar-refractivity contribution is -0.122. The van der Waals surface area contributed by atoms with Crippen LogP contribution in [-0.4, -0.2) is 17.0 Å². The highest BCUT2D eigenvalue weighted by molar-refractivity contribution is 5.96. The number of hydrogen-bond donors (Lipinski definition) is 1. The first kappa shape index (κ1) is 13.5. The van der Waals surface area contributed by atoms with Crippen molar-refractivity contribution in [2.24, 2.45) is 0 Å². The Morgan fingerprint density at radius 2 is 2.05 bits per heavy atom. The molecule has 4 nitrogen and oxygen atoms in total. The van der Waals surface area contributed by atoms with E-state index in [0.29, 0.717) is 12.2 Å². The number of nitrogens with one attached hydrogen (secondary N) is 1. The Morgan fingerprint density at radius 1 is 1.33 bits per heavy atom. The summed E-state index contributed by atoms with van der Waals surface area (Å²) in [6.07, 6.45) is 3.14. The molecule has 0 radical (unpaired) electrons. The van der Waals surface area contributed by atoms with Gasteiger partial charge in [-0.2, -0.15) is 0 Å². The summed E-state index contributed by atoms with van der Waals surface area (Å²) in [7, 11) is 0. The van der Waals surface area contributed by atoms with E-state index in [9.17, 15) is 9.18 Å². The van der Waals surface area contributed by atoms with Gasteiger partial charge in [0, 0.05) is 30.1 Å². The SMILES string of the molecule is Cc1cncc(C)c1NC(=O)C1Cc2cc(F)ccc2O1. The van der Waals surface area contributed by atoms with Crippen LogP contribution in [0.25, 0.3) is 0 Å². The van der Waals surface area contributed by atoms with E-state index in [1.165, 1.54) is 12.1 Å². The number of ether oxygens (including phenoxy) is 1. The lowest BCUT2D eigenvalue weighted by atomic mass is 10.1. The van der Waals surface area contributed by atoms with Crippen molar-refractivity contribution in [2.75, 3.05) is 5.32 Å². The van der Waals surface area contributed by atoms with Crippen LogP contribution < -0.4 is 10.1 Å². The second-order valence-electron chi connectivity index (χ2n) is 5.20. The molecule has 1 aliphatic heterocycles. The molecule has 0 saturated heterocycles. The standard InChI is InChI=1S/C16H15FN2O2/c1-9-7-18-8-10(2)15(9)19-16(20)14-6-11-5-12(17)3-4-13(11)21-14/h3-5,7-8,14H,6H2,1-2H3,(H,18,19,20). The van der Waals surface area contributed by atoms with Gasteiger partial charge in [0.25, 0.3) is 5.91 Å². The molecule has 1 aliphatic rings. The third kappa shape index (κ3) is 2.59. The number of benzene rings is 1. The molecule has 1 atom stereocenters. The molecule has 3 rings (SSSR count). The fraction of sp³-hybridized carbons (Fsp3) is 0.250. The van der Waals surface area contributed by atoms with Gasteiger partial charge >= 0.3 is 0 Å². The van der Waals surface area contributed by atoms with E-state index < -0.39 is 6.10 Å². The molecule has 1 aromatic heterocycles. The Morgan fingerprint density at radius 3 is 2.76 bits per heavy atom. The Hall–Kier alpha value is -2.43. The molecule has 5 heteroatoms. The Labute approximate surface area is 122 Å². The maximum absolute atomic E-state index is 13.2. The maximum atomic E-state index is 13.2. The van der Waals surface area contributed by atoms with E-state index >= 15 is 0 Å². The first-order valence-corrected chi connectivity index (χ1v) is 6.72. The van der Waals surface area contributed by atoms with Gasteiger partial charge in [-0.15, -0.1) is 0 Å². The number of pyridine rings is 1. The molecule has 2 aromatic rings. The van der Waals surface area contributed by atoms with E-state index in [4.69, 9.17) is 4.74 Å².